The van der Waals surface area contributed by atoms with E-state index in [9.17, 15) is 5.11 Å². The molecule has 0 amide bonds. The minimum Gasteiger partial charge on any atom is -0.390 e. The van der Waals surface area contributed by atoms with E-state index in [2.05, 4.69) is 13.8 Å². The Hall–Kier alpha value is -0.120. The number of ether oxygens (including phenoxy) is 2. The van der Waals surface area contributed by atoms with E-state index >= 15 is 0 Å². The van der Waals surface area contributed by atoms with Crippen LogP contribution in [0.5, 0.6) is 0 Å². The van der Waals surface area contributed by atoms with Gasteiger partial charge >= 0.3 is 0 Å². The van der Waals surface area contributed by atoms with Crippen molar-refractivity contribution in [3.8, 4) is 0 Å². The molecule has 2 rings (SSSR count). The summed E-state index contributed by atoms with van der Waals surface area (Å²) in [5.41, 5.74) is 0. The quantitative estimate of drug-likeness (QED) is 0.783. The van der Waals surface area contributed by atoms with Gasteiger partial charge in [-0.25, -0.2) is 0 Å². The Morgan fingerprint density at radius 3 is 2.56 bits per heavy atom. The summed E-state index contributed by atoms with van der Waals surface area (Å²) in [6.45, 7) is 6.46. The zero-order valence-electron chi connectivity index (χ0n) is 10.4. The van der Waals surface area contributed by atoms with Crippen LogP contribution in [0.4, 0.5) is 0 Å². The molecule has 2 aliphatic rings. The molecule has 1 N–H and O–H groups in total. The maximum Gasteiger partial charge on any atom is 0.107 e. The molecule has 16 heavy (non-hydrogen) atoms. The van der Waals surface area contributed by atoms with Gasteiger partial charge in [-0.05, 0) is 30.6 Å². The van der Waals surface area contributed by atoms with Crippen LogP contribution in [0.3, 0.4) is 0 Å². The smallest absolute Gasteiger partial charge is 0.107 e. The number of hydrogen-bond acceptors (Lipinski definition) is 3. The van der Waals surface area contributed by atoms with Gasteiger partial charge < -0.3 is 14.6 Å². The zero-order valence-corrected chi connectivity index (χ0v) is 10.4. The highest BCUT2D eigenvalue weighted by atomic mass is 16.6. The van der Waals surface area contributed by atoms with Crippen LogP contribution in [0.1, 0.15) is 33.1 Å². The molecule has 0 bridgehead atoms. The Kier molecular flexibility index (Phi) is 4.22. The molecule has 1 heterocycles. The fraction of sp³-hybridized carbons (Fsp3) is 1.00. The third kappa shape index (κ3) is 2.76. The molecule has 2 fully saturated rings. The minimum absolute atomic E-state index is 0.0978. The van der Waals surface area contributed by atoms with Gasteiger partial charge in [-0.2, -0.15) is 0 Å². The van der Waals surface area contributed by atoms with Crippen LogP contribution in [0.25, 0.3) is 0 Å². The van der Waals surface area contributed by atoms with E-state index in [-0.39, 0.29) is 12.2 Å². The summed E-state index contributed by atoms with van der Waals surface area (Å²) in [5.74, 6) is 1.92. The van der Waals surface area contributed by atoms with Gasteiger partial charge in [0.2, 0.25) is 0 Å². The van der Waals surface area contributed by atoms with Crippen LogP contribution in [-0.4, -0.2) is 37.1 Å². The van der Waals surface area contributed by atoms with Crippen molar-refractivity contribution in [1.82, 2.24) is 0 Å². The van der Waals surface area contributed by atoms with Crippen LogP contribution in [0.15, 0.2) is 0 Å². The summed E-state index contributed by atoms with van der Waals surface area (Å²) in [6.07, 6.45) is 3.06. The summed E-state index contributed by atoms with van der Waals surface area (Å²) in [7, 11) is 0. The van der Waals surface area contributed by atoms with Crippen LogP contribution in [0, 0.1) is 17.8 Å². The highest BCUT2D eigenvalue weighted by Crippen LogP contribution is 2.36. The highest BCUT2D eigenvalue weighted by Gasteiger charge is 2.34. The third-order valence-electron chi connectivity index (χ3n) is 4.34. The molecule has 0 spiro atoms. The van der Waals surface area contributed by atoms with Crippen molar-refractivity contribution in [2.75, 3.05) is 19.8 Å². The molecule has 5 unspecified atom stereocenters. The molecule has 1 aliphatic carbocycles. The van der Waals surface area contributed by atoms with Crippen molar-refractivity contribution in [3.63, 3.8) is 0 Å². The first-order valence-electron chi connectivity index (χ1n) is 6.56. The summed E-state index contributed by atoms with van der Waals surface area (Å²) in [6, 6.07) is 0. The summed E-state index contributed by atoms with van der Waals surface area (Å²) in [5, 5.41) is 10.3. The molecule has 3 heteroatoms. The third-order valence-corrected chi connectivity index (χ3v) is 4.34. The summed E-state index contributed by atoms with van der Waals surface area (Å²) in [4.78, 5) is 0. The van der Waals surface area contributed by atoms with Crippen molar-refractivity contribution in [2.45, 2.75) is 45.3 Å². The molecular formula is C13H24O3. The molecule has 5 atom stereocenters. The maximum absolute atomic E-state index is 10.3. The zero-order chi connectivity index (χ0) is 11.5. The molecule has 3 nitrogen and oxygen atoms in total. The Balaban J connectivity index is 1.86. The molecular weight excluding hydrogens is 204 g/mol. The Morgan fingerprint density at radius 2 is 1.94 bits per heavy atom. The lowest BCUT2D eigenvalue weighted by atomic mass is 9.73. The van der Waals surface area contributed by atoms with E-state index in [1.807, 2.05) is 0 Å². The second kappa shape index (κ2) is 5.48. The van der Waals surface area contributed by atoms with Crippen LogP contribution in [-0.2, 0) is 9.47 Å². The van der Waals surface area contributed by atoms with E-state index in [0.717, 1.165) is 24.7 Å². The monoisotopic (exact) mass is 228 g/mol. The number of aliphatic hydroxyl groups excluding tert-OH is 1. The number of aliphatic hydroxyl groups is 1. The first kappa shape index (κ1) is 12.3. The van der Waals surface area contributed by atoms with E-state index in [1.54, 1.807) is 0 Å². The number of rotatable bonds is 2. The van der Waals surface area contributed by atoms with Gasteiger partial charge in [-0.15, -0.1) is 0 Å². The van der Waals surface area contributed by atoms with Gasteiger partial charge in [0.15, 0.2) is 0 Å². The molecule has 94 valence electrons. The van der Waals surface area contributed by atoms with Gasteiger partial charge in [0.25, 0.3) is 0 Å². The highest BCUT2D eigenvalue weighted by molar-refractivity contribution is 4.84. The summed E-state index contributed by atoms with van der Waals surface area (Å²) >= 11 is 0. The molecule has 0 radical (unpaired) electrons. The van der Waals surface area contributed by atoms with E-state index in [1.165, 1.54) is 6.42 Å². The van der Waals surface area contributed by atoms with Gasteiger partial charge in [0.05, 0.1) is 25.9 Å². The molecule has 1 saturated heterocycles. The van der Waals surface area contributed by atoms with Crippen molar-refractivity contribution in [2.24, 2.45) is 17.8 Å². The standard InChI is InChI=1S/C13H24O3/c1-9-3-4-11(7-10(9)2)13(14)12-8-15-5-6-16-12/h9-14H,3-8H2,1-2H3. The van der Waals surface area contributed by atoms with Crippen LogP contribution < -0.4 is 0 Å². The Labute approximate surface area is 98.1 Å². The SMILES string of the molecule is CC1CCC(C(O)C2COCCO2)CC1C. The van der Waals surface area contributed by atoms with Crippen molar-refractivity contribution < 1.29 is 14.6 Å². The molecule has 1 saturated carbocycles. The molecule has 0 aromatic heterocycles. The maximum atomic E-state index is 10.3. The fourth-order valence-corrected chi connectivity index (χ4v) is 2.91. The molecule has 0 aromatic rings. The van der Waals surface area contributed by atoms with Crippen LogP contribution in [0.2, 0.25) is 0 Å². The second-order valence-electron chi connectivity index (χ2n) is 5.50. The van der Waals surface area contributed by atoms with Crippen molar-refractivity contribution >= 4 is 0 Å². The van der Waals surface area contributed by atoms with E-state index in [0.29, 0.717) is 25.7 Å². The lowest BCUT2D eigenvalue weighted by molar-refractivity contribution is -0.149. The fourth-order valence-electron chi connectivity index (χ4n) is 2.91. The molecule has 0 aromatic carbocycles. The average Bonchev–Trinajstić information content (AvgIpc) is 2.33. The van der Waals surface area contributed by atoms with Gasteiger partial charge in [-0.1, -0.05) is 20.3 Å². The summed E-state index contributed by atoms with van der Waals surface area (Å²) < 4.78 is 10.9. The lowest BCUT2D eigenvalue weighted by Gasteiger charge is -2.38. The van der Waals surface area contributed by atoms with E-state index in [4.69, 9.17) is 9.47 Å². The van der Waals surface area contributed by atoms with E-state index < -0.39 is 0 Å². The first-order chi connectivity index (χ1) is 7.68. The first-order valence-corrected chi connectivity index (χ1v) is 6.56. The number of hydrogen-bond donors (Lipinski definition) is 1. The Bertz CT molecular complexity index is 213. The van der Waals surface area contributed by atoms with Gasteiger partial charge in [-0.3, -0.25) is 0 Å². The normalized spacial score (nSPS) is 42.9. The Morgan fingerprint density at radius 1 is 1.12 bits per heavy atom. The van der Waals surface area contributed by atoms with Crippen molar-refractivity contribution in [3.05, 3.63) is 0 Å². The molecule has 1 aliphatic heterocycles. The minimum atomic E-state index is -0.338. The predicted octanol–water partition coefficient (Wildman–Crippen LogP) is 1.83. The van der Waals surface area contributed by atoms with Crippen molar-refractivity contribution in [1.29, 1.82) is 0 Å². The van der Waals surface area contributed by atoms with Gasteiger partial charge in [0.1, 0.15) is 6.10 Å². The largest absolute Gasteiger partial charge is 0.390 e. The topological polar surface area (TPSA) is 38.7 Å². The van der Waals surface area contributed by atoms with Crippen LogP contribution >= 0.6 is 0 Å². The second-order valence-corrected chi connectivity index (χ2v) is 5.50. The average molecular weight is 228 g/mol. The van der Waals surface area contributed by atoms with Gasteiger partial charge in [0, 0.05) is 0 Å². The lowest BCUT2D eigenvalue weighted by Crippen LogP contribution is -2.44. The predicted molar refractivity (Wildman–Crippen MR) is 62.2 cm³/mol.